The minimum Gasteiger partial charge on any atom is -0.299 e. The molecule has 2 rings (SSSR count). The molecule has 0 radical (unpaired) electrons. The van der Waals surface area contributed by atoms with E-state index < -0.39 is 11.2 Å². The summed E-state index contributed by atoms with van der Waals surface area (Å²) in [6.45, 7) is 0.578. The van der Waals surface area contributed by atoms with E-state index in [9.17, 15) is 9.59 Å². The van der Waals surface area contributed by atoms with Gasteiger partial charge in [-0.15, -0.1) is 0 Å². The molecule has 1 N–H and O–H groups in total. The Kier molecular flexibility index (Phi) is 2.91. The van der Waals surface area contributed by atoms with Crippen molar-refractivity contribution in [2.75, 3.05) is 0 Å². The zero-order chi connectivity index (χ0) is 11.5. The molecule has 1 heterocycles. The Hall–Kier alpha value is -1.83. The molecule has 0 atom stereocenters. The Labute approximate surface area is 92.3 Å². The molecule has 1 aliphatic rings. The first-order valence-corrected chi connectivity index (χ1v) is 5.44. The minimum atomic E-state index is -0.604. The van der Waals surface area contributed by atoms with Crippen molar-refractivity contribution < 1.29 is 0 Å². The monoisotopic (exact) mass is 219 g/mol. The van der Waals surface area contributed by atoms with Gasteiger partial charge >= 0.3 is 5.69 Å². The smallest absolute Gasteiger partial charge is 0.299 e. The first-order valence-electron chi connectivity index (χ1n) is 5.44. The predicted octanol–water partition coefficient (Wildman–Crippen LogP) is 0.598. The maximum atomic E-state index is 11.4. The number of H-pyrrole nitrogens is 1. The molecule has 0 aliphatic heterocycles. The molecule has 0 saturated heterocycles. The van der Waals surface area contributed by atoms with Crippen LogP contribution in [0.4, 0.5) is 0 Å². The molecule has 1 fully saturated rings. The third-order valence-corrected chi connectivity index (χ3v) is 3.13. The number of aromatic nitrogens is 2. The molecule has 0 aromatic carbocycles. The van der Waals surface area contributed by atoms with Gasteiger partial charge in [0.1, 0.15) is 11.6 Å². The van der Waals surface area contributed by atoms with Crippen LogP contribution in [0.15, 0.2) is 15.8 Å². The number of hydrogen-bond donors (Lipinski definition) is 1. The third kappa shape index (κ3) is 2.06. The Morgan fingerprint density at radius 2 is 2.25 bits per heavy atom. The molecule has 1 aromatic rings. The minimum absolute atomic E-state index is 0.00629. The van der Waals surface area contributed by atoms with Gasteiger partial charge in [-0.25, -0.2) is 4.79 Å². The van der Waals surface area contributed by atoms with Crippen LogP contribution in [-0.2, 0) is 6.54 Å². The van der Waals surface area contributed by atoms with Gasteiger partial charge in [0.2, 0.25) is 0 Å². The van der Waals surface area contributed by atoms with Crippen LogP contribution < -0.4 is 11.2 Å². The van der Waals surface area contributed by atoms with Crippen LogP contribution in [0.3, 0.4) is 0 Å². The summed E-state index contributed by atoms with van der Waals surface area (Å²) in [7, 11) is 0. The predicted molar refractivity (Wildman–Crippen MR) is 58.0 cm³/mol. The van der Waals surface area contributed by atoms with E-state index in [2.05, 4.69) is 4.98 Å². The second-order valence-corrected chi connectivity index (χ2v) is 4.19. The second-order valence-electron chi connectivity index (χ2n) is 4.19. The molecule has 0 bridgehead atoms. The van der Waals surface area contributed by atoms with Crippen molar-refractivity contribution in [1.82, 2.24) is 9.55 Å². The average Bonchev–Trinajstić information content (AvgIpc) is 2.18. The van der Waals surface area contributed by atoms with Crippen molar-refractivity contribution in [3.05, 3.63) is 32.6 Å². The van der Waals surface area contributed by atoms with Crippen LogP contribution in [0.2, 0.25) is 0 Å². The molecule has 5 nitrogen and oxygen atoms in total. The van der Waals surface area contributed by atoms with Crippen molar-refractivity contribution in [2.24, 2.45) is 5.92 Å². The van der Waals surface area contributed by atoms with Gasteiger partial charge in [-0.1, -0.05) is 19.3 Å². The highest BCUT2D eigenvalue weighted by molar-refractivity contribution is 5.21. The summed E-state index contributed by atoms with van der Waals surface area (Å²) in [5.74, 6) is 0.698. The highest BCUT2D eigenvalue weighted by Gasteiger charge is 2.17. The summed E-state index contributed by atoms with van der Waals surface area (Å²) in [5.41, 5.74) is -1.04. The molecule has 1 aliphatic carbocycles. The molecule has 16 heavy (non-hydrogen) atoms. The van der Waals surface area contributed by atoms with Crippen molar-refractivity contribution in [1.29, 1.82) is 5.26 Å². The van der Waals surface area contributed by atoms with Gasteiger partial charge in [0.15, 0.2) is 0 Å². The number of nitrogens with one attached hydrogen (secondary N) is 1. The molecule has 84 valence electrons. The maximum Gasteiger partial charge on any atom is 0.328 e. The molecule has 0 unspecified atom stereocenters. The first kappa shape index (κ1) is 10.7. The summed E-state index contributed by atoms with van der Waals surface area (Å²) in [4.78, 5) is 24.7. The number of nitriles is 1. The Balaban J connectivity index is 2.16. The summed E-state index contributed by atoms with van der Waals surface area (Å²) < 4.78 is 1.41. The molecule has 5 heteroatoms. The lowest BCUT2D eigenvalue weighted by Crippen LogP contribution is -2.31. The lowest BCUT2D eigenvalue weighted by atomic mass is 9.83. The van der Waals surface area contributed by atoms with Crippen LogP contribution in [-0.4, -0.2) is 9.55 Å². The van der Waals surface area contributed by atoms with Crippen molar-refractivity contribution in [2.45, 2.75) is 32.2 Å². The Morgan fingerprint density at radius 3 is 2.81 bits per heavy atom. The van der Waals surface area contributed by atoms with Crippen molar-refractivity contribution in [3.63, 3.8) is 0 Å². The van der Waals surface area contributed by atoms with Crippen LogP contribution in [0.5, 0.6) is 0 Å². The van der Waals surface area contributed by atoms with Crippen LogP contribution in [0, 0.1) is 17.2 Å². The fourth-order valence-electron chi connectivity index (χ4n) is 1.86. The zero-order valence-corrected chi connectivity index (χ0v) is 8.90. The standard InChI is InChI=1S/C11H13N3O2/c12-6-9-7-14(11(16)13-10(9)15)5-4-8-2-1-3-8/h7-8H,1-5H2,(H,13,15,16). The highest BCUT2D eigenvalue weighted by atomic mass is 16.2. The SMILES string of the molecule is N#Cc1cn(CCC2CCC2)c(=O)[nH]c1=O. The van der Waals surface area contributed by atoms with Gasteiger partial charge in [-0.3, -0.25) is 14.3 Å². The van der Waals surface area contributed by atoms with E-state index in [1.54, 1.807) is 6.07 Å². The van der Waals surface area contributed by atoms with E-state index in [0.29, 0.717) is 12.5 Å². The quantitative estimate of drug-likeness (QED) is 0.808. The number of aryl methyl sites for hydroxylation is 1. The summed E-state index contributed by atoms with van der Waals surface area (Å²) in [5, 5.41) is 8.68. The van der Waals surface area contributed by atoms with E-state index in [0.717, 1.165) is 6.42 Å². The summed E-state index contributed by atoms with van der Waals surface area (Å²) in [6.07, 6.45) is 6.01. The molecular formula is C11H13N3O2. The Morgan fingerprint density at radius 1 is 1.50 bits per heavy atom. The van der Waals surface area contributed by atoms with Crippen molar-refractivity contribution >= 4 is 0 Å². The van der Waals surface area contributed by atoms with Gasteiger partial charge in [0, 0.05) is 12.7 Å². The van der Waals surface area contributed by atoms with Gasteiger partial charge in [0.05, 0.1) is 0 Å². The average molecular weight is 219 g/mol. The normalized spacial score (nSPS) is 15.4. The van der Waals surface area contributed by atoms with Gasteiger partial charge < -0.3 is 0 Å². The van der Waals surface area contributed by atoms with E-state index >= 15 is 0 Å². The van der Waals surface area contributed by atoms with Crippen molar-refractivity contribution in [3.8, 4) is 6.07 Å². The number of rotatable bonds is 3. The van der Waals surface area contributed by atoms with Gasteiger partial charge in [-0.05, 0) is 12.3 Å². The zero-order valence-electron chi connectivity index (χ0n) is 8.90. The molecule has 1 aromatic heterocycles. The Bertz CT molecular complexity index is 531. The lowest BCUT2D eigenvalue weighted by Gasteiger charge is -2.25. The lowest BCUT2D eigenvalue weighted by molar-refractivity contribution is 0.280. The topological polar surface area (TPSA) is 78.7 Å². The number of nitrogens with zero attached hydrogens (tertiary/aromatic N) is 2. The maximum absolute atomic E-state index is 11.4. The molecule has 1 saturated carbocycles. The second kappa shape index (κ2) is 4.35. The van der Waals surface area contributed by atoms with Crippen LogP contribution in [0.25, 0.3) is 0 Å². The third-order valence-electron chi connectivity index (χ3n) is 3.13. The summed E-state index contributed by atoms with van der Waals surface area (Å²) >= 11 is 0. The van der Waals surface area contributed by atoms with E-state index in [-0.39, 0.29) is 5.56 Å². The van der Waals surface area contributed by atoms with E-state index in [1.807, 2.05) is 0 Å². The summed E-state index contributed by atoms with van der Waals surface area (Å²) in [6, 6.07) is 1.77. The van der Waals surface area contributed by atoms with Crippen LogP contribution >= 0.6 is 0 Å². The molecule has 0 amide bonds. The largest absolute Gasteiger partial charge is 0.328 e. The van der Waals surface area contributed by atoms with E-state index in [1.165, 1.54) is 30.0 Å². The van der Waals surface area contributed by atoms with Gasteiger partial charge in [-0.2, -0.15) is 5.26 Å². The van der Waals surface area contributed by atoms with Crippen LogP contribution in [0.1, 0.15) is 31.2 Å². The van der Waals surface area contributed by atoms with Gasteiger partial charge in [0.25, 0.3) is 5.56 Å². The number of hydrogen-bond acceptors (Lipinski definition) is 3. The highest BCUT2D eigenvalue weighted by Crippen LogP contribution is 2.29. The van der Waals surface area contributed by atoms with E-state index in [4.69, 9.17) is 5.26 Å². The fraction of sp³-hybridized carbons (Fsp3) is 0.545. The molecular weight excluding hydrogens is 206 g/mol. The first-order chi connectivity index (χ1) is 7.70. The molecule has 0 spiro atoms. The fourth-order valence-corrected chi connectivity index (χ4v) is 1.86. The number of aromatic amines is 1.